The highest BCUT2D eigenvalue weighted by molar-refractivity contribution is 7.15. The van der Waals surface area contributed by atoms with Gasteiger partial charge in [0.1, 0.15) is 0 Å². The molecule has 4 nitrogen and oxygen atoms in total. The molecule has 0 aliphatic heterocycles. The third-order valence-corrected chi connectivity index (χ3v) is 4.02. The van der Waals surface area contributed by atoms with Crippen LogP contribution in [0.4, 0.5) is 5.13 Å². The first-order chi connectivity index (χ1) is 9.81. The Morgan fingerprint density at radius 1 is 1.24 bits per heavy atom. The Labute approximate surface area is 133 Å². The molecule has 0 unspecified atom stereocenters. The zero-order valence-corrected chi connectivity index (χ0v) is 15.0. The van der Waals surface area contributed by atoms with Crippen molar-refractivity contribution in [1.29, 1.82) is 0 Å². The predicted molar refractivity (Wildman–Crippen MR) is 91.0 cm³/mol. The van der Waals surface area contributed by atoms with E-state index in [0.29, 0.717) is 18.4 Å². The summed E-state index contributed by atoms with van der Waals surface area (Å²) >= 11 is 1.56. The molecule has 0 aromatic carbocycles. The molecule has 1 N–H and O–H groups in total. The molecule has 5 heteroatoms. The molecule has 1 amide bonds. The van der Waals surface area contributed by atoms with Crippen LogP contribution in [0.15, 0.2) is 0 Å². The van der Waals surface area contributed by atoms with Gasteiger partial charge in [-0.2, -0.15) is 0 Å². The average Bonchev–Trinajstić information content (AvgIpc) is 2.67. The van der Waals surface area contributed by atoms with Crippen molar-refractivity contribution in [1.82, 2.24) is 9.88 Å². The van der Waals surface area contributed by atoms with E-state index in [9.17, 15) is 4.79 Å². The lowest BCUT2D eigenvalue weighted by Crippen LogP contribution is -2.38. The molecular formula is C16H29N3OS. The van der Waals surface area contributed by atoms with Gasteiger partial charge >= 0.3 is 0 Å². The number of amides is 1. The molecule has 0 atom stereocenters. The zero-order valence-electron chi connectivity index (χ0n) is 14.2. The Kier molecular flexibility index (Phi) is 7.32. The van der Waals surface area contributed by atoms with E-state index in [1.807, 2.05) is 0 Å². The summed E-state index contributed by atoms with van der Waals surface area (Å²) in [5.74, 6) is 1.16. The van der Waals surface area contributed by atoms with Crippen LogP contribution in [-0.4, -0.2) is 35.4 Å². The van der Waals surface area contributed by atoms with Gasteiger partial charge in [0, 0.05) is 18.0 Å². The second-order valence-electron chi connectivity index (χ2n) is 6.41. The summed E-state index contributed by atoms with van der Waals surface area (Å²) in [6.07, 6.45) is 0.908. The van der Waals surface area contributed by atoms with Gasteiger partial charge in [-0.05, 0) is 25.2 Å². The quantitative estimate of drug-likeness (QED) is 0.798. The van der Waals surface area contributed by atoms with Gasteiger partial charge in [0.05, 0.1) is 12.2 Å². The first-order valence-electron chi connectivity index (χ1n) is 7.80. The third-order valence-electron chi connectivity index (χ3n) is 3.09. The third kappa shape index (κ3) is 6.57. The Hall–Kier alpha value is -0.940. The Bertz CT molecular complexity index is 444. The van der Waals surface area contributed by atoms with Crippen LogP contribution in [-0.2, 0) is 11.2 Å². The molecule has 1 rings (SSSR count). The van der Waals surface area contributed by atoms with E-state index in [1.54, 1.807) is 11.3 Å². The van der Waals surface area contributed by atoms with Gasteiger partial charge in [-0.1, -0.05) is 34.6 Å². The van der Waals surface area contributed by atoms with Crippen molar-refractivity contribution in [2.24, 2.45) is 11.8 Å². The van der Waals surface area contributed by atoms with Crippen molar-refractivity contribution in [3.63, 3.8) is 0 Å². The summed E-state index contributed by atoms with van der Waals surface area (Å²) in [5.41, 5.74) is 1.08. The van der Waals surface area contributed by atoms with E-state index in [1.165, 1.54) is 4.88 Å². The van der Waals surface area contributed by atoms with Crippen molar-refractivity contribution in [3.8, 4) is 0 Å². The Morgan fingerprint density at radius 3 is 2.24 bits per heavy atom. The van der Waals surface area contributed by atoms with Crippen molar-refractivity contribution < 1.29 is 4.79 Å². The molecule has 0 saturated carbocycles. The molecule has 0 aliphatic carbocycles. The van der Waals surface area contributed by atoms with E-state index >= 15 is 0 Å². The summed E-state index contributed by atoms with van der Waals surface area (Å²) in [5, 5.41) is 3.67. The number of aryl methyl sites for hydroxylation is 2. The fraction of sp³-hybridized carbons (Fsp3) is 0.750. The first kappa shape index (κ1) is 18.1. The molecule has 120 valence electrons. The second kappa shape index (κ2) is 8.49. The smallest absolute Gasteiger partial charge is 0.240 e. The van der Waals surface area contributed by atoms with Crippen molar-refractivity contribution in [2.75, 3.05) is 25.0 Å². The Morgan fingerprint density at radius 2 is 1.81 bits per heavy atom. The van der Waals surface area contributed by atoms with Crippen LogP contribution in [0.2, 0.25) is 0 Å². The number of hydrogen-bond donors (Lipinski definition) is 1. The maximum Gasteiger partial charge on any atom is 0.240 e. The molecule has 0 fully saturated rings. The van der Waals surface area contributed by atoms with Gasteiger partial charge in [0.25, 0.3) is 0 Å². The highest BCUT2D eigenvalue weighted by Crippen LogP contribution is 2.22. The topological polar surface area (TPSA) is 45.2 Å². The minimum atomic E-state index is 0.0349. The number of anilines is 1. The lowest BCUT2D eigenvalue weighted by atomic mass is 10.1. The van der Waals surface area contributed by atoms with Gasteiger partial charge in [0.2, 0.25) is 5.91 Å². The van der Waals surface area contributed by atoms with Crippen molar-refractivity contribution in [2.45, 2.75) is 48.0 Å². The Balaban J connectivity index is 2.59. The van der Waals surface area contributed by atoms with Crippen LogP contribution in [0.25, 0.3) is 0 Å². The fourth-order valence-corrected chi connectivity index (χ4v) is 3.33. The van der Waals surface area contributed by atoms with Crippen LogP contribution in [0, 0.1) is 18.8 Å². The van der Waals surface area contributed by atoms with Gasteiger partial charge in [-0.15, -0.1) is 11.3 Å². The van der Waals surface area contributed by atoms with Crippen LogP contribution >= 0.6 is 11.3 Å². The molecule has 0 radical (unpaired) electrons. The predicted octanol–water partition coefficient (Wildman–Crippen LogP) is 3.57. The molecule has 1 heterocycles. The number of thiazole rings is 1. The minimum absolute atomic E-state index is 0.0349. The largest absolute Gasteiger partial charge is 0.301 e. The molecule has 1 aromatic heterocycles. The summed E-state index contributed by atoms with van der Waals surface area (Å²) in [6, 6.07) is 0. The molecular weight excluding hydrogens is 282 g/mol. The highest BCUT2D eigenvalue weighted by Gasteiger charge is 2.15. The summed E-state index contributed by atoms with van der Waals surface area (Å²) in [6.45, 7) is 15.2. The van der Waals surface area contributed by atoms with Crippen LogP contribution < -0.4 is 5.32 Å². The van der Waals surface area contributed by atoms with Crippen LogP contribution in [0.3, 0.4) is 0 Å². The lowest BCUT2D eigenvalue weighted by molar-refractivity contribution is -0.117. The molecule has 21 heavy (non-hydrogen) atoms. The van der Waals surface area contributed by atoms with Gasteiger partial charge < -0.3 is 5.32 Å². The van der Waals surface area contributed by atoms with E-state index in [4.69, 9.17) is 0 Å². The number of nitrogens with one attached hydrogen (secondary N) is 1. The summed E-state index contributed by atoms with van der Waals surface area (Å²) < 4.78 is 0. The van der Waals surface area contributed by atoms with E-state index in [2.05, 4.69) is 56.7 Å². The van der Waals surface area contributed by atoms with Crippen molar-refractivity contribution >= 4 is 22.4 Å². The van der Waals surface area contributed by atoms with E-state index in [-0.39, 0.29) is 5.91 Å². The standard InChI is InChI=1S/C16H29N3OS/c1-7-14-13(6)21-16(17-14)18-15(20)10-19(8-11(2)3)9-12(4)5/h11-12H,7-10H2,1-6H3,(H,17,18,20). The number of aromatic nitrogens is 1. The molecule has 0 bridgehead atoms. The molecule has 0 aliphatic rings. The van der Waals surface area contributed by atoms with Crippen molar-refractivity contribution in [3.05, 3.63) is 10.6 Å². The number of nitrogens with zero attached hydrogens (tertiary/aromatic N) is 2. The number of hydrogen-bond acceptors (Lipinski definition) is 4. The maximum absolute atomic E-state index is 12.2. The van der Waals surface area contributed by atoms with Gasteiger partial charge in [-0.25, -0.2) is 4.98 Å². The monoisotopic (exact) mass is 311 g/mol. The van der Waals surface area contributed by atoms with Crippen LogP contribution in [0.1, 0.15) is 45.2 Å². The average molecular weight is 311 g/mol. The lowest BCUT2D eigenvalue weighted by Gasteiger charge is -2.25. The first-order valence-corrected chi connectivity index (χ1v) is 8.61. The molecule has 0 spiro atoms. The van der Waals surface area contributed by atoms with E-state index < -0.39 is 0 Å². The van der Waals surface area contributed by atoms with E-state index in [0.717, 1.165) is 30.3 Å². The summed E-state index contributed by atoms with van der Waals surface area (Å²) in [4.78, 5) is 20.1. The second-order valence-corrected chi connectivity index (χ2v) is 7.61. The number of carbonyl (C=O) groups excluding carboxylic acids is 1. The number of rotatable bonds is 8. The van der Waals surface area contributed by atoms with Gasteiger partial charge in [-0.3, -0.25) is 9.69 Å². The number of carbonyl (C=O) groups is 1. The normalized spacial score (nSPS) is 11.7. The fourth-order valence-electron chi connectivity index (χ4n) is 2.41. The van der Waals surface area contributed by atoms with Gasteiger partial charge in [0.15, 0.2) is 5.13 Å². The minimum Gasteiger partial charge on any atom is -0.301 e. The SMILES string of the molecule is CCc1nc(NC(=O)CN(CC(C)C)CC(C)C)sc1C. The molecule has 0 saturated heterocycles. The highest BCUT2D eigenvalue weighted by atomic mass is 32.1. The maximum atomic E-state index is 12.2. The molecule has 1 aromatic rings. The van der Waals surface area contributed by atoms with Crippen LogP contribution in [0.5, 0.6) is 0 Å². The zero-order chi connectivity index (χ0) is 16.0. The summed E-state index contributed by atoms with van der Waals surface area (Å²) in [7, 11) is 0.